The Balaban J connectivity index is 1.48. The monoisotopic (exact) mass is 381 g/mol. The first-order valence-corrected chi connectivity index (χ1v) is 8.79. The first-order valence-electron chi connectivity index (χ1n) is 8.79. The summed E-state index contributed by atoms with van der Waals surface area (Å²) >= 11 is 0. The molecule has 4 heterocycles. The number of halogens is 1. The van der Waals surface area contributed by atoms with E-state index in [2.05, 4.69) is 30.6 Å². The lowest BCUT2D eigenvalue weighted by Crippen LogP contribution is -2.36. The second kappa shape index (κ2) is 6.89. The molecule has 0 atom stereocenters. The van der Waals surface area contributed by atoms with Crippen LogP contribution in [0.25, 0.3) is 22.6 Å². The van der Waals surface area contributed by atoms with Crippen molar-refractivity contribution in [1.82, 2.24) is 25.3 Å². The minimum absolute atomic E-state index is 0.307. The van der Waals surface area contributed by atoms with Crippen LogP contribution >= 0.6 is 0 Å². The number of hydrogen-bond acceptors (Lipinski definition) is 8. The summed E-state index contributed by atoms with van der Waals surface area (Å²) in [6.45, 7) is 2.54. The van der Waals surface area contributed by atoms with E-state index in [4.69, 9.17) is 9.26 Å². The van der Waals surface area contributed by atoms with Crippen molar-refractivity contribution in [3.63, 3.8) is 0 Å². The molecule has 1 fully saturated rings. The Morgan fingerprint density at radius 2 is 2.04 bits per heavy atom. The Hall–Kier alpha value is -3.53. The maximum Gasteiger partial charge on any atom is 0.184 e. The Morgan fingerprint density at radius 1 is 1.14 bits per heavy atom. The molecule has 0 bridgehead atoms. The van der Waals surface area contributed by atoms with Gasteiger partial charge in [0.1, 0.15) is 23.1 Å². The summed E-state index contributed by atoms with van der Waals surface area (Å²) in [7, 11) is 0. The fourth-order valence-electron chi connectivity index (χ4n) is 3.15. The van der Waals surface area contributed by atoms with E-state index >= 15 is 0 Å². The number of morpholine rings is 1. The molecule has 1 aliphatic heterocycles. The maximum absolute atomic E-state index is 14.7. The molecule has 3 aromatic heterocycles. The van der Waals surface area contributed by atoms with Gasteiger partial charge in [-0.15, -0.1) is 0 Å². The van der Waals surface area contributed by atoms with Crippen molar-refractivity contribution in [3.8, 4) is 11.5 Å². The van der Waals surface area contributed by atoms with E-state index in [0.717, 1.165) is 0 Å². The van der Waals surface area contributed by atoms with E-state index < -0.39 is 0 Å². The summed E-state index contributed by atoms with van der Waals surface area (Å²) in [6.07, 6.45) is 3.04. The summed E-state index contributed by atoms with van der Waals surface area (Å²) in [6, 6.07) is 6.69. The second-order valence-electron chi connectivity index (χ2n) is 6.30. The lowest BCUT2D eigenvalue weighted by molar-refractivity contribution is 0.122. The van der Waals surface area contributed by atoms with Crippen molar-refractivity contribution in [2.45, 2.75) is 0 Å². The summed E-state index contributed by atoms with van der Waals surface area (Å²) < 4.78 is 24.9. The van der Waals surface area contributed by atoms with Crippen molar-refractivity contribution in [2.24, 2.45) is 0 Å². The van der Waals surface area contributed by atoms with Crippen molar-refractivity contribution < 1.29 is 13.7 Å². The SMILES string of the molecule is Fc1cc(Nc2nc(-c3ccon3)nc3cn[nH]c23)ccc1N1CCOCC1. The number of H-pyrrole nitrogens is 1. The first-order chi connectivity index (χ1) is 13.8. The van der Waals surface area contributed by atoms with Crippen LogP contribution in [0.5, 0.6) is 0 Å². The number of anilines is 3. The van der Waals surface area contributed by atoms with Gasteiger partial charge in [-0.3, -0.25) is 5.10 Å². The highest BCUT2D eigenvalue weighted by molar-refractivity contribution is 5.88. The lowest BCUT2D eigenvalue weighted by atomic mass is 10.2. The van der Waals surface area contributed by atoms with E-state index in [-0.39, 0.29) is 5.82 Å². The van der Waals surface area contributed by atoms with Crippen LogP contribution in [0.3, 0.4) is 0 Å². The molecule has 0 radical (unpaired) electrons. The highest BCUT2D eigenvalue weighted by Gasteiger charge is 2.17. The molecule has 1 saturated heterocycles. The third-order valence-electron chi connectivity index (χ3n) is 4.53. The average Bonchev–Trinajstić information content (AvgIpc) is 3.41. The van der Waals surface area contributed by atoms with E-state index in [1.165, 1.54) is 12.3 Å². The minimum Gasteiger partial charge on any atom is -0.378 e. The maximum atomic E-state index is 14.7. The van der Waals surface area contributed by atoms with Gasteiger partial charge in [-0.1, -0.05) is 5.16 Å². The Kier molecular flexibility index (Phi) is 4.09. The van der Waals surface area contributed by atoms with Crippen LogP contribution in [0.4, 0.5) is 21.6 Å². The van der Waals surface area contributed by atoms with Crippen LogP contribution in [0, 0.1) is 5.82 Å². The van der Waals surface area contributed by atoms with Gasteiger partial charge in [0.25, 0.3) is 0 Å². The third kappa shape index (κ3) is 3.03. The molecule has 1 aromatic carbocycles. The van der Waals surface area contributed by atoms with Crippen LogP contribution in [-0.4, -0.2) is 51.6 Å². The summed E-state index contributed by atoms with van der Waals surface area (Å²) in [5, 5.41) is 13.9. The molecule has 142 valence electrons. The average molecular weight is 381 g/mol. The van der Waals surface area contributed by atoms with E-state index in [1.807, 2.05) is 11.0 Å². The first kappa shape index (κ1) is 16.6. The Morgan fingerprint density at radius 3 is 2.82 bits per heavy atom. The third-order valence-corrected chi connectivity index (χ3v) is 4.53. The highest BCUT2D eigenvalue weighted by Crippen LogP contribution is 2.28. The van der Waals surface area contributed by atoms with Gasteiger partial charge in [0.2, 0.25) is 0 Å². The van der Waals surface area contributed by atoms with Gasteiger partial charge in [-0.05, 0) is 18.2 Å². The van der Waals surface area contributed by atoms with Gasteiger partial charge in [-0.25, -0.2) is 14.4 Å². The molecule has 0 spiro atoms. The topological polar surface area (TPSA) is 105 Å². The number of nitrogens with one attached hydrogen (secondary N) is 2. The van der Waals surface area contributed by atoms with Gasteiger partial charge in [-0.2, -0.15) is 5.10 Å². The molecule has 28 heavy (non-hydrogen) atoms. The minimum atomic E-state index is -0.307. The molecule has 0 aliphatic carbocycles. The van der Waals surface area contributed by atoms with E-state index in [9.17, 15) is 4.39 Å². The predicted molar refractivity (Wildman–Crippen MR) is 99.9 cm³/mol. The smallest absolute Gasteiger partial charge is 0.184 e. The molecule has 9 nitrogen and oxygen atoms in total. The van der Waals surface area contributed by atoms with Crippen LogP contribution in [0.1, 0.15) is 0 Å². The van der Waals surface area contributed by atoms with Gasteiger partial charge in [0.05, 0.1) is 25.1 Å². The molecule has 1 aliphatic rings. The van der Waals surface area contributed by atoms with Gasteiger partial charge in [0.15, 0.2) is 17.3 Å². The van der Waals surface area contributed by atoms with Gasteiger partial charge in [0, 0.05) is 24.8 Å². The van der Waals surface area contributed by atoms with Gasteiger partial charge >= 0.3 is 0 Å². The van der Waals surface area contributed by atoms with Crippen molar-refractivity contribution in [3.05, 3.63) is 42.5 Å². The number of fused-ring (bicyclic) bond motifs is 1. The summed E-state index contributed by atoms with van der Waals surface area (Å²) in [4.78, 5) is 10.9. The number of nitrogens with zero attached hydrogens (tertiary/aromatic N) is 5. The fourth-order valence-corrected chi connectivity index (χ4v) is 3.15. The largest absolute Gasteiger partial charge is 0.378 e. The predicted octanol–water partition coefficient (Wildman–Crippen LogP) is 2.73. The number of hydrogen-bond donors (Lipinski definition) is 2. The van der Waals surface area contributed by atoms with E-state index in [0.29, 0.717) is 66.0 Å². The van der Waals surface area contributed by atoms with Crippen LogP contribution in [0.15, 0.2) is 41.2 Å². The van der Waals surface area contributed by atoms with Crippen molar-refractivity contribution in [1.29, 1.82) is 0 Å². The summed E-state index contributed by atoms with van der Waals surface area (Å²) in [5.41, 5.74) is 2.85. The molecular weight excluding hydrogens is 365 g/mol. The molecule has 0 amide bonds. The fraction of sp³-hybridized carbons (Fsp3) is 0.222. The number of aromatic nitrogens is 5. The van der Waals surface area contributed by atoms with E-state index in [1.54, 1.807) is 18.3 Å². The Bertz CT molecular complexity index is 1110. The van der Waals surface area contributed by atoms with Gasteiger partial charge < -0.3 is 19.5 Å². The molecular formula is C18H16FN7O2. The molecule has 5 rings (SSSR count). The van der Waals surface area contributed by atoms with Crippen molar-refractivity contribution >= 4 is 28.2 Å². The Labute approximate surface area is 158 Å². The lowest BCUT2D eigenvalue weighted by Gasteiger charge is -2.29. The zero-order valence-electron chi connectivity index (χ0n) is 14.7. The molecule has 2 N–H and O–H groups in total. The van der Waals surface area contributed by atoms with Crippen molar-refractivity contribution in [2.75, 3.05) is 36.5 Å². The molecule has 0 saturated carbocycles. The van der Waals surface area contributed by atoms with Crippen LogP contribution in [-0.2, 0) is 4.74 Å². The number of benzene rings is 1. The molecule has 4 aromatic rings. The number of aromatic amines is 1. The molecule has 0 unspecified atom stereocenters. The number of ether oxygens (including phenoxy) is 1. The second-order valence-corrected chi connectivity index (χ2v) is 6.30. The quantitative estimate of drug-likeness (QED) is 0.556. The normalized spacial score (nSPS) is 14.5. The zero-order valence-corrected chi connectivity index (χ0v) is 14.7. The number of rotatable bonds is 4. The van der Waals surface area contributed by atoms with Crippen LogP contribution < -0.4 is 10.2 Å². The zero-order chi connectivity index (χ0) is 18.9. The summed E-state index contributed by atoms with van der Waals surface area (Å²) in [5.74, 6) is 0.549. The highest BCUT2D eigenvalue weighted by atomic mass is 19.1. The standard InChI is InChI=1S/C18H16FN7O2/c19-12-9-11(1-2-15(12)26-4-7-27-8-5-26)21-18-16-14(10-20-24-16)22-17(23-18)13-3-6-28-25-13/h1-3,6,9-10H,4-5,7-8H2,(H,20,24)(H,21,22,23). The van der Waals surface area contributed by atoms with Crippen LogP contribution in [0.2, 0.25) is 0 Å². The molecule has 10 heteroatoms.